The Morgan fingerprint density at radius 3 is 2.81 bits per heavy atom. The molecule has 2 rings (SSSR count). The average molecular weight is 219 g/mol. The Kier molecular flexibility index (Phi) is 3.49. The molecule has 0 amide bonds. The van der Waals surface area contributed by atoms with Gasteiger partial charge in [0.2, 0.25) is 0 Å². The first-order valence-corrected chi connectivity index (χ1v) is 6.12. The zero-order valence-corrected chi connectivity index (χ0v) is 10.4. The molecule has 16 heavy (non-hydrogen) atoms. The molecule has 1 saturated carbocycles. The molecule has 1 aromatic rings. The van der Waals surface area contributed by atoms with Crippen LogP contribution in [-0.4, -0.2) is 19.2 Å². The van der Waals surface area contributed by atoms with Gasteiger partial charge in [0.1, 0.15) is 11.9 Å². The number of hydrogen-bond acceptors (Lipinski definition) is 2. The summed E-state index contributed by atoms with van der Waals surface area (Å²) < 4.78 is 6.13. The predicted octanol–water partition coefficient (Wildman–Crippen LogP) is 2.82. The van der Waals surface area contributed by atoms with Crippen molar-refractivity contribution in [2.75, 3.05) is 7.05 Å². The van der Waals surface area contributed by atoms with Crippen LogP contribution in [0.3, 0.4) is 0 Å². The third-order valence-electron chi connectivity index (χ3n) is 3.66. The van der Waals surface area contributed by atoms with Crippen LogP contribution in [0.2, 0.25) is 0 Å². The van der Waals surface area contributed by atoms with Crippen LogP contribution in [0.25, 0.3) is 0 Å². The van der Waals surface area contributed by atoms with Crippen LogP contribution >= 0.6 is 0 Å². The Morgan fingerprint density at radius 1 is 1.25 bits per heavy atom. The lowest BCUT2D eigenvalue weighted by Crippen LogP contribution is -2.36. The van der Waals surface area contributed by atoms with Gasteiger partial charge >= 0.3 is 0 Å². The van der Waals surface area contributed by atoms with Crippen LogP contribution in [0, 0.1) is 13.8 Å². The summed E-state index contributed by atoms with van der Waals surface area (Å²) in [7, 11) is 2.02. The van der Waals surface area contributed by atoms with Gasteiger partial charge < -0.3 is 10.1 Å². The van der Waals surface area contributed by atoms with E-state index < -0.39 is 0 Å². The third kappa shape index (κ3) is 2.22. The van der Waals surface area contributed by atoms with Gasteiger partial charge in [-0.25, -0.2) is 0 Å². The maximum Gasteiger partial charge on any atom is 0.122 e. The van der Waals surface area contributed by atoms with Crippen molar-refractivity contribution in [3.8, 4) is 5.75 Å². The van der Waals surface area contributed by atoms with Crippen LogP contribution in [0.15, 0.2) is 18.2 Å². The van der Waals surface area contributed by atoms with E-state index in [0.717, 1.165) is 5.75 Å². The topological polar surface area (TPSA) is 21.3 Å². The summed E-state index contributed by atoms with van der Waals surface area (Å²) in [5, 5.41) is 3.34. The number of benzene rings is 1. The molecule has 0 saturated heterocycles. The second-order valence-corrected chi connectivity index (χ2v) is 4.68. The highest BCUT2D eigenvalue weighted by Crippen LogP contribution is 2.27. The summed E-state index contributed by atoms with van der Waals surface area (Å²) >= 11 is 0. The van der Waals surface area contributed by atoms with Gasteiger partial charge in [0.05, 0.1) is 0 Å². The van der Waals surface area contributed by atoms with Crippen molar-refractivity contribution in [2.24, 2.45) is 0 Å². The highest BCUT2D eigenvalue weighted by molar-refractivity contribution is 5.38. The van der Waals surface area contributed by atoms with E-state index >= 15 is 0 Å². The van der Waals surface area contributed by atoms with E-state index in [0.29, 0.717) is 12.1 Å². The Hall–Kier alpha value is -1.02. The van der Waals surface area contributed by atoms with Crippen molar-refractivity contribution >= 4 is 0 Å². The fourth-order valence-corrected chi connectivity index (χ4v) is 2.41. The molecule has 0 bridgehead atoms. The van der Waals surface area contributed by atoms with E-state index in [9.17, 15) is 0 Å². The van der Waals surface area contributed by atoms with Crippen molar-refractivity contribution in [3.05, 3.63) is 29.3 Å². The van der Waals surface area contributed by atoms with Crippen LogP contribution in [-0.2, 0) is 0 Å². The summed E-state index contributed by atoms with van der Waals surface area (Å²) in [4.78, 5) is 0. The van der Waals surface area contributed by atoms with Crippen LogP contribution in [0.5, 0.6) is 5.75 Å². The molecule has 88 valence electrons. The first-order chi connectivity index (χ1) is 7.72. The van der Waals surface area contributed by atoms with Crippen LogP contribution in [0.4, 0.5) is 0 Å². The number of hydrogen-bond donors (Lipinski definition) is 1. The first kappa shape index (κ1) is 11.5. The molecule has 2 unspecified atom stereocenters. The van der Waals surface area contributed by atoms with Gasteiger partial charge in [-0.2, -0.15) is 0 Å². The van der Waals surface area contributed by atoms with Crippen molar-refractivity contribution in [3.63, 3.8) is 0 Å². The van der Waals surface area contributed by atoms with Crippen molar-refractivity contribution < 1.29 is 4.74 Å². The molecule has 2 nitrogen and oxygen atoms in total. The second-order valence-electron chi connectivity index (χ2n) is 4.68. The number of likely N-dealkylation sites (N-methyl/N-ethyl adjacent to an activating group) is 1. The van der Waals surface area contributed by atoms with Gasteiger partial charge in [0.25, 0.3) is 0 Å². The number of rotatable bonds is 3. The molecule has 0 heterocycles. The summed E-state index contributed by atoms with van der Waals surface area (Å²) in [6.45, 7) is 4.26. The zero-order valence-electron chi connectivity index (χ0n) is 10.4. The highest BCUT2D eigenvalue weighted by Gasteiger charge is 2.27. The van der Waals surface area contributed by atoms with Crippen molar-refractivity contribution in [2.45, 2.75) is 45.3 Å². The van der Waals surface area contributed by atoms with Gasteiger partial charge in [-0.1, -0.05) is 12.1 Å². The highest BCUT2D eigenvalue weighted by atomic mass is 16.5. The first-order valence-electron chi connectivity index (χ1n) is 6.12. The number of ether oxygens (including phenoxy) is 1. The molecule has 2 atom stereocenters. The Balaban J connectivity index is 2.11. The molecule has 0 radical (unpaired) electrons. The molecule has 1 fully saturated rings. The monoisotopic (exact) mass is 219 g/mol. The van der Waals surface area contributed by atoms with Crippen LogP contribution in [0.1, 0.15) is 30.4 Å². The molecule has 1 aromatic carbocycles. The standard InChI is InChI=1S/C14H21NO/c1-10-6-4-8-13(11(10)2)16-14-9-5-7-12(14)15-3/h4,6,8,12,14-15H,5,7,9H2,1-3H3. The van der Waals surface area contributed by atoms with E-state index in [1.807, 2.05) is 7.05 Å². The molecular formula is C14H21NO. The molecular weight excluding hydrogens is 198 g/mol. The molecule has 2 heteroatoms. The SMILES string of the molecule is CNC1CCCC1Oc1cccc(C)c1C. The van der Waals surface area contributed by atoms with Gasteiger partial charge in [0.15, 0.2) is 0 Å². The molecule has 1 aliphatic rings. The Bertz CT molecular complexity index is 362. The predicted molar refractivity (Wildman–Crippen MR) is 67.0 cm³/mol. The van der Waals surface area contributed by atoms with E-state index in [2.05, 4.69) is 37.4 Å². The lowest BCUT2D eigenvalue weighted by Gasteiger charge is -2.22. The molecule has 0 aliphatic heterocycles. The van der Waals surface area contributed by atoms with E-state index in [1.54, 1.807) is 0 Å². The Morgan fingerprint density at radius 2 is 2.06 bits per heavy atom. The lowest BCUT2D eigenvalue weighted by molar-refractivity contribution is 0.177. The number of nitrogens with one attached hydrogen (secondary N) is 1. The molecule has 0 spiro atoms. The lowest BCUT2D eigenvalue weighted by atomic mass is 10.1. The molecule has 1 aliphatic carbocycles. The van der Waals surface area contributed by atoms with Gasteiger partial charge in [-0.15, -0.1) is 0 Å². The zero-order chi connectivity index (χ0) is 11.5. The van der Waals surface area contributed by atoms with Crippen molar-refractivity contribution in [1.29, 1.82) is 0 Å². The summed E-state index contributed by atoms with van der Waals surface area (Å²) in [6, 6.07) is 6.79. The normalized spacial score (nSPS) is 24.7. The van der Waals surface area contributed by atoms with E-state index in [-0.39, 0.29) is 0 Å². The van der Waals surface area contributed by atoms with E-state index in [4.69, 9.17) is 4.74 Å². The fourth-order valence-electron chi connectivity index (χ4n) is 2.41. The number of aryl methyl sites for hydroxylation is 1. The van der Waals surface area contributed by atoms with E-state index in [1.165, 1.54) is 30.4 Å². The largest absolute Gasteiger partial charge is 0.489 e. The summed E-state index contributed by atoms with van der Waals surface area (Å²) in [5.41, 5.74) is 2.57. The average Bonchev–Trinajstić information content (AvgIpc) is 2.72. The third-order valence-corrected chi connectivity index (χ3v) is 3.66. The maximum atomic E-state index is 6.13. The molecule has 0 aromatic heterocycles. The quantitative estimate of drug-likeness (QED) is 0.844. The maximum absolute atomic E-state index is 6.13. The Labute approximate surface area is 98.0 Å². The second kappa shape index (κ2) is 4.88. The summed E-state index contributed by atoms with van der Waals surface area (Å²) in [6.07, 6.45) is 4.00. The van der Waals surface area contributed by atoms with Crippen LogP contribution < -0.4 is 10.1 Å². The minimum absolute atomic E-state index is 0.338. The smallest absolute Gasteiger partial charge is 0.122 e. The van der Waals surface area contributed by atoms with Gasteiger partial charge in [-0.3, -0.25) is 0 Å². The fraction of sp³-hybridized carbons (Fsp3) is 0.571. The summed E-state index contributed by atoms with van der Waals surface area (Å²) in [5.74, 6) is 1.05. The minimum atomic E-state index is 0.338. The van der Waals surface area contributed by atoms with Crippen molar-refractivity contribution in [1.82, 2.24) is 5.32 Å². The molecule has 1 N–H and O–H groups in total. The van der Waals surface area contributed by atoms with Gasteiger partial charge in [-0.05, 0) is 57.4 Å². The minimum Gasteiger partial charge on any atom is -0.489 e. The van der Waals surface area contributed by atoms with Gasteiger partial charge in [0, 0.05) is 6.04 Å².